The van der Waals surface area contributed by atoms with Gasteiger partial charge in [-0.2, -0.15) is 0 Å². The highest BCUT2D eigenvalue weighted by Gasteiger charge is 2.32. The van der Waals surface area contributed by atoms with E-state index in [1.54, 1.807) is 6.26 Å². The third kappa shape index (κ3) is 5.07. The van der Waals surface area contributed by atoms with Crippen LogP contribution in [0, 0.1) is 12.8 Å². The van der Waals surface area contributed by atoms with E-state index in [-0.39, 0.29) is 17.5 Å². The molecule has 1 aliphatic carbocycles. The van der Waals surface area contributed by atoms with Crippen LogP contribution in [0.4, 0.5) is 0 Å². The summed E-state index contributed by atoms with van der Waals surface area (Å²) in [7, 11) is 0. The molecule has 0 bridgehead atoms. The van der Waals surface area contributed by atoms with Gasteiger partial charge < -0.3 is 9.40 Å². The van der Waals surface area contributed by atoms with Gasteiger partial charge in [0.1, 0.15) is 5.76 Å². The number of benzene rings is 1. The summed E-state index contributed by atoms with van der Waals surface area (Å²) in [4.78, 5) is 18.4. The zero-order chi connectivity index (χ0) is 24.4. The van der Waals surface area contributed by atoms with Gasteiger partial charge in [-0.25, -0.2) is 4.68 Å². The zero-order valence-corrected chi connectivity index (χ0v) is 20.8. The number of nitrogens with zero attached hydrogens (tertiary/aromatic N) is 5. The van der Waals surface area contributed by atoms with Crippen molar-refractivity contribution in [1.29, 1.82) is 0 Å². The van der Waals surface area contributed by atoms with E-state index in [9.17, 15) is 4.79 Å². The molecule has 1 aromatic carbocycles. The number of rotatable bonds is 8. The van der Waals surface area contributed by atoms with Gasteiger partial charge in [-0.1, -0.05) is 44.7 Å². The van der Waals surface area contributed by atoms with E-state index in [1.165, 1.54) is 19.3 Å². The van der Waals surface area contributed by atoms with E-state index in [4.69, 9.17) is 4.42 Å². The summed E-state index contributed by atoms with van der Waals surface area (Å²) in [5, 5.41) is 14.1. The second-order valence-corrected chi connectivity index (χ2v) is 10.2. The van der Waals surface area contributed by atoms with Crippen molar-refractivity contribution in [3.8, 4) is 0 Å². The first-order chi connectivity index (χ1) is 17.0. The number of aryl methyl sites for hydroxylation is 1. The lowest BCUT2D eigenvalue weighted by molar-refractivity contribution is 0.112. The SMILES string of the molecule is Cc1ccc2[nH]c(=O)c(CN(Cc3ccco3)C(c3nnnn3C3CCCCC3)C(C)C)cc2c1. The maximum absolute atomic E-state index is 13.1. The molecule has 5 rings (SSSR count). The Labute approximate surface area is 205 Å². The van der Waals surface area contributed by atoms with Gasteiger partial charge >= 0.3 is 0 Å². The van der Waals surface area contributed by atoms with E-state index >= 15 is 0 Å². The number of H-pyrrole nitrogens is 1. The Morgan fingerprint density at radius 1 is 1.14 bits per heavy atom. The molecule has 1 aliphatic rings. The average molecular weight is 475 g/mol. The second kappa shape index (κ2) is 10.2. The number of nitrogens with one attached hydrogen (secondary N) is 1. The lowest BCUT2D eigenvalue weighted by atomic mass is 9.94. The van der Waals surface area contributed by atoms with Crippen molar-refractivity contribution in [3.05, 3.63) is 75.7 Å². The maximum Gasteiger partial charge on any atom is 0.252 e. The van der Waals surface area contributed by atoms with Gasteiger partial charge in [0, 0.05) is 17.6 Å². The summed E-state index contributed by atoms with van der Waals surface area (Å²) in [6.07, 6.45) is 7.58. The van der Waals surface area contributed by atoms with Crippen LogP contribution in [0.2, 0.25) is 0 Å². The van der Waals surface area contributed by atoms with Gasteiger partial charge in [-0.15, -0.1) is 5.10 Å². The summed E-state index contributed by atoms with van der Waals surface area (Å²) < 4.78 is 7.77. The predicted octanol–water partition coefficient (Wildman–Crippen LogP) is 5.32. The van der Waals surface area contributed by atoms with Gasteiger partial charge in [0.15, 0.2) is 5.82 Å². The quantitative estimate of drug-likeness (QED) is 0.371. The van der Waals surface area contributed by atoms with Gasteiger partial charge in [0.2, 0.25) is 0 Å². The topological polar surface area (TPSA) is 92.8 Å². The number of fused-ring (bicyclic) bond motifs is 1. The minimum absolute atomic E-state index is 0.0693. The Hall–Kier alpha value is -3.26. The van der Waals surface area contributed by atoms with Crippen molar-refractivity contribution < 1.29 is 4.42 Å². The second-order valence-electron chi connectivity index (χ2n) is 10.2. The molecule has 1 atom stereocenters. The Bertz CT molecular complexity index is 1320. The molecule has 0 radical (unpaired) electrons. The van der Waals surface area contributed by atoms with Crippen LogP contribution in [0.25, 0.3) is 10.9 Å². The van der Waals surface area contributed by atoms with E-state index in [1.807, 2.05) is 35.0 Å². The summed E-state index contributed by atoms with van der Waals surface area (Å²) in [6.45, 7) is 7.45. The molecule has 3 heterocycles. The van der Waals surface area contributed by atoms with E-state index in [2.05, 4.69) is 52.2 Å². The van der Waals surface area contributed by atoms with Crippen LogP contribution in [-0.4, -0.2) is 30.1 Å². The summed E-state index contributed by atoms with van der Waals surface area (Å²) in [5.41, 5.74) is 2.66. The van der Waals surface area contributed by atoms with Crippen molar-refractivity contribution in [2.24, 2.45) is 5.92 Å². The maximum atomic E-state index is 13.1. The van der Waals surface area contributed by atoms with Crippen LogP contribution in [0.15, 0.2) is 51.9 Å². The normalized spacial score (nSPS) is 15.9. The first-order valence-corrected chi connectivity index (χ1v) is 12.7. The molecule has 8 heteroatoms. The van der Waals surface area contributed by atoms with Crippen molar-refractivity contribution in [3.63, 3.8) is 0 Å². The summed E-state index contributed by atoms with van der Waals surface area (Å²) in [5.74, 6) is 1.94. The molecule has 184 valence electrons. The highest BCUT2D eigenvalue weighted by molar-refractivity contribution is 5.79. The lowest BCUT2D eigenvalue weighted by Gasteiger charge is -2.34. The molecule has 1 N–H and O–H groups in total. The Morgan fingerprint density at radius 2 is 1.97 bits per heavy atom. The molecule has 1 saturated carbocycles. The largest absolute Gasteiger partial charge is 0.468 e. The highest BCUT2D eigenvalue weighted by atomic mass is 16.3. The van der Waals surface area contributed by atoms with Crippen molar-refractivity contribution in [2.45, 2.75) is 78.0 Å². The minimum atomic E-state index is -0.0790. The molecular formula is C27H34N6O2. The lowest BCUT2D eigenvalue weighted by Crippen LogP contribution is -2.36. The molecule has 1 unspecified atom stereocenters. The van der Waals surface area contributed by atoms with E-state index in [0.717, 1.165) is 46.5 Å². The molecule has 8 nitrogen and oxygen atoms in total. The molecule has 3 aromatic heterocycles. The fourth-order valence-corrected chi connectivity index (χ4v) is 5.43. The number of furan rings is 1. The molecule has 0 aliphatic heterocycles. The fraction of sp³-hybridized carbons (Fsp3) is 0.481. The Balaban J connectivity index is 1.54. The first kappa shape index (κ1) is 23.5. The van der Waals surface area contributed by atoms with E-state index in [0.29, 0.717) is 19.1 Å². The van der Waals surface area contributed by atoms with Crippen molar-refractivity contribution in [1.82, 2.24) is 30.1 Å². The van der Waals surface area contributed by atoms with Crippen LogP contribution < -0.4 is 5.56 Å². The minimum Gasteiger partial charge on any atom is -0.468 e. The van der Waals surface area contributed by atoms with Crippen LogP contribution in [0.5, 0.6) is 0 Å². The number of hydrogen-bond donors (Lipinski definition) is 1. The van der Waals surface area contributed by atoms with Gasteiger partial charge in [-0.05, 0) is 71.8 Å². The van der Waals surface area contributed by atoms with Crippen LogP contribution in [-0.2, 0) is 13.1 Å². The Morgan fingerprint density at radius 3 is 2.71 bits per heavy atom. The van der Waals surface area contributed by atoms with Crippen LogP contribution in [0.3, 0.4) is 0 Å². The van der Waals surface area contributed by atoms with E-state index < -0.39 is 0 Å². The Kier molecular flexibility index (Phi) is 6.81. The number of pyridine rings is 1. The number of aromatic amines is 1. The third-order valence-corrected chi connectivity index (χ3v) is 7.12. The number of tetrazole rings is 1. The monoisotopic (exact) mass is 474 g/mol. The summed E-state index contributed by atoms with van der Waals surface area (Å²) in [6, 6.07) is 12.2. The molecule has 1 fully saturated rings. The number of hydrogen-bond acceptors (Lipinski definition) is 6. The zero-order valence-electron chi connectivity index (χ0n) is 20.8. The number of aromatic nitrogens is 5. The molecule has 0 saturated heterocycles. The third-order valence-electron chi connectivity index (χ3n) is 7.12. The van der Waals surface area contributed by atoms with Crippen LogP contribution in [0.1, 0.15) is 80.7 Å². The standard InChI is InChI=1S/C27H34N6O2/c1-18(2)25(26-29-30-31-33(26)22-8-5-4-6-9-22)32(17-23-10-7-13-35-23)16-21-15-20-14-19(3)11-12-24(20)28-27(21)34/h7,10-15,18,22,25H,4-6,8-9,16-17H2,1-3H3,(H,28,34). The molecule has 35 heavy (non-hydrogen) atoms. The fourth-order valence-electron chi connectivity index (χ4n) is 5.43. The molecule has 0 amide bonds. The highest BCUT2D eigenvalue weighted by Crippen LogP contribution is 2.34. The smallest absolute Gasteiger partial charge is 0.252 e. The van der Waals surface area contributed by atoms with Gasteiger partial charge in [0.25, 0.3) is 5.56 Å². The molecule has 0 spiro atoms. The molecule has 4 aromatic rings. The van der Waals surface area contributed by atoms with Crippen LogP contribution >= 0.6 is 0 Å². The predicted molar refractivity (Wildman–Crippen MR) is 135 cm³/mol. The first-order valence-electron chi connectivity index (χ1n) is 12.7. The van der Waals surface area contributed by atoms with Gasteiger partial charge in [0.05, 0.1) is 24.9 Å². The van der Waals surface area contributed by atoms with Gasteiger partial charge in [-0.3, -0.25) is 9.69 Å². The molecular weight excluding hydrogens is 440 g/mol. The van der Waals surface area contributed by atoms with Crippen molar-refractivity contribution in [2.75, 3.05) is 0 Å². The average Bonchev–Trinajstić information content (AvgIpc) is 3.53. The van der Waals surface area contributed by atoms with Crippen molar-refractivity contribution >= 4 is 10.9 Å². The summed E-state index contributed by atoms with van der Waals surface area (Å²) >= 11 is 0.